The summed E-state index contributed by atoms with van der Waals surface area (Å²) in [5, 5.41) is 5.47. The summed E-state index contributed by atoms with van der Waals surface area (Å²) in [4.78, 5) is 14.9. The summed E-state index contributed by atoms with van der Waals surface area (Å²) in [6.45, 7) is 2.73. The molecule has 0 saturated carbocycles. The number of likely N-dealkylation sites (tertiary alicyclic amines) is 1. The summed E-state index contributed by atoms with van der Waals surface area (Å²) in [7, 11) is 0. The Kier molecular flexibility index (Phi) is 5.16. The van der Waals surface area contributed by atoms with Gasteiger partial charge in [-0.1, -0.05) is 42.5 Å². The van der Waals surface area contributed by atoms with Crippen LogP contribution in [0.15, 0.2) is 66.7 Å². The Morgan fingerprint density at radius 2 is 1.67 bits per heavy atom. The molecule has 1 fully saturated rings. The molecule has 1 heterocycles. The average molecular weight is 362 g/mol. The zero-order chi connectivity index (χ0) is 18.6. The van der Waals surface area contributed by atoms with Gasteiger partial charge in [0.15, 0.2) is 0 Å². The van der Waals surface area contributed by atoms with E-state index in [0.717, 1.165) is 32.5 Å². The molecule has 27 heavy (non-hydrogen) atoms. The predicted molar refractivity (Wildman–Crippen MR) is 107 cm³/mol. The number of hydrogen-bond acceptors (Lipinski definition) is 2. The van der Waals surface area contributed by atoms with Gasteiger partial charge in [-0.25, -0.2) is 4.39 Å². The molecule has 4 rings (SSSR count). The number of nitrogens with zero attached hydrogens (tertiary/aromatic N) is 1. The number of hydrogen-bond donors (Lipinski definition) is 1. The third kappa shape index (κ3) is 4.17. The lowest BCUT2D eigenvalue weighted by molar-refractivity contribution is -0.121. The summed E-state index contributed by atoms with van der Waals surface area (Å²) in [5.41, 5.74) is 1.99. The van der Waals surface area contributed by atoms with Crippen molar-refractivity contribution in [1.82, 2.24) is 4.90 Å². The van der Waals surface area contributed by atoms with E-state index in [9.17, 15) is 9.18 Å². The molecule has 0 aromatic heterocycles. The minimum absolute atomic E-state index is 0.0128. The van der Waals surface area contributed by atoms with E-state index in [4.69, 9.17) is 0 Å². The SMILES string of the molecule is O=C(Nc1ccc(F)cc1)C1CCN(Cc2cccc3ccccc23)CC1. The van der Waals surface area contributed by atoms with E-state index in [1.165, 1.54) is 28.5 Å². The van der Waals surface area contributed by atoms with Crippen molar-refractivity contribution < 1.29 is 9.18 Å². The number of rotatable bonds is 4. The molecule has 4 heteroatoms. The molecule has 0 bridgehead atoms. The van der Waals surface area contributed by atoms with Crippen LogP contribution in [-0.2, 0) is 11.3 Å². The van der Waals surface area contributed by atoms with E-state index in [2.05, 4.69) is 52.7 Å². The van der Waals surface area contributed by atoms with Crippen molar-refractivity contribution in [1.29, 1.82) is 0 Å². The van der Waals surface area contributed by atoms with Crippen molar-refractivity contribution in [3.63, 3.8) is 0 Å². The maximum atomic E-state index is 13.0. The number of benzene rings is 3. The predicted octanol–water partition coefficient (Wildman–Crippen LogP) is 4.83. The molecule has 3 aromatic carbocycles. The van der Waals surface area contributed by atoms with Gasteiger partial charge in [0.25, 0.3) is 0 Å². The number of halogens is 1. The van der Waals surface area contributed by atoms with Crippen molar-refractivity contribution >= 4 is 22.4 Å². The Bertz CT molecular complexity index is 925. The zero-order valence-corrected chi connectivity index (χ0v) is 15.2. The summed E-state index contributed by atoms with van der Waals surface area (Å²) < 4.78 is 13.0. The Hall–Kier alpha value is -2.72. The fraction of sp³-hybridized carbons (Fsp3) is 0.261. The second-order valence-electron chi connectivity index (χ2n) is 7.18. The lowest BCUT2D eigenvalue weighted by atomic mass is 9.95. The molecule has 0 atom stereocenters. The van der Waals surface area contributed by atoms with Gasteiger partial charge < -0.3 is 5.32 Å². The Morgan fingerprint density at radius 1 is 0.963 bits per heavy atom. The van der Waals surface area contributed by atoms with Crippen LogP contribution in [0.5, 0.6) is 0 Å². The van der Waals surface area contributed by atoms with Crippen molar-refractivity contribution in [2.45, 2.75) is 19.4 Å². The first-order valence-corrected chi connectivity index (χ1v) is 9.44. The Balaban J connectivity index is 1.34. The number of piperidine rings is 1. The van der Waals surface area contributed by atoms with Gasteiger partial charge in [-0.05, 0) is 66.5 Å². The summed E-state index contributed by atoms with van der Waals surface area (Å²) >= 11 is 0. The number of anilines is 1. The van der Waals surface area contributed by atoms with Crippen LogP contribution < -0.4 is 5.32 Å². The third-order valence-corrected chi connectivity index (χ3v) is 5.34. The first kappa shape index (κ1) is 17.7. The van der Waals surface area contributed by atoms with E-state index in [1.807, 2.05) is 0 Å². The van der Waals surface area contributed by atoms with Crippen LogP contribution in [0.2, 0.25) is 0 Å². The molecule has 1 aliphatic rings. The highest BCUT2D eigenvalue weighted by atomic mass is 19.1. The fourth-order valence-electron chi connectivity index (χ4n) is 3.80. The molecular formula is C23H23FN2O. The van der Waals surface area contributed by atoms with Crippen molar-refractivity contribution in [3.8, 4) is 0 Å². The third-order valence-electron chi connectivity index (χ3n) is 5.34. The van der Waals surface area contributed by atoms with E-state index >= 15 is 0 Å². The molecule has 1 N–H and O–H groups in total. The second kappa shape index (κ2) is 7.89. The topological polar surface area (TPSA) is 32.3 Å². The lowest BCUT2D eigenvalue weighted by Crippen LogP contribution is -2.37. The standard InChI is InChI=1S/C23H23FN2O/c24-20-8-10-21(11-9-20)25-23(27)18-12-14-26(15-13-18)16-19-6-3-5-17-4-1-2-7-22(17)19/h1-11,18H,12-16H2,(H,25,27). The lowest BCUT2D eigenvalue weighted by Gasteiger charge is -2.31. The van der Waals surface area contributed by atoms with Gasteiger partial charge in [-0.15, -0.1) is 0 Å². The number of fused-ring (bicyclic) bond motifs is 1. The first-order chi connectivity index (χ1) is 13.2. The summed E-state index contributed by atoms with van der Waals surface area (Å²) in [5.74, 6) is -0.250. The molecule has 3 nitrogen and oxygen atoms in total. The van der Waals surface area contributed by atoms with E-state index in [-0.39, 0.29) is 17.6 Å². The normalized spacial score (nSPS) is 15.7. The zero-order valence-electron chi connectivity index (χ0n) is 15.2. The van der Waals surface area contributed by atoms with Gasteiger partial charge >= 0.3 is 0 Å². The van der Waals surface area contributed by atoms with E-state index in [1.54, 1.807) is 12.1 Å². The highest BCUT2D eigenvalue weighted by molar-refractivity contribution is 5.92. The van der Waals surface area contributed by atoms with Gasteiger partial charge in [-0.3, -0.25) is 9.69 Å². The van der Waals surface area contributed by atoms with Crippen LogP contribution in [-0.4, -0.2) is 23.9 Å². The van der Waals surface area contributed by atoms with Crippen LogP contribution >= 0.6 is 0 Å². The van der Waals surface area contributed by atoms with Gasteiger partial charge in [0.1, 0.15) is 5.82 Å². The monoisotopic (exact) mass is 362 g/mol. The van der Waals surface area contributed by atoms with Crippen LogP contribution in [0.25, 0.3) is 10.8 Å². The average Bonchev–Trinajstić information content (AvgIpc) is 2.70. The van der Waals surface area contributed by atoms with Crippen molar-refractivity contribution in [2.24, 2.45) is 5.92 Å². The Morgan fingerprint density at radius 3 is 2.44 bits per heavy atom. The van der Waals surface area contributed by atoms with Gasteiger partial charge in [0.05, 0.1) is 0 Å². The highest BCUT2D eigenvalue weighted by Gasteiger charge is 2.25. The number of amides is 1. The van der Waals surface area contributed by atoms with Crippen LogP contribution in [0.3, 0.4) is 0 Å². The fourth-order valence-corrected chi connectivity index (χ4v) is 3.80. The Labute approximate surface area is 158 Å². The van der Waals surface area contributed by atoms with Crippen LogP contribution in [0.4, 0.5) is 10.1 Å². The molecule has 138 valence electrons. The summed E-state index contributed by atoms with van der Waals surface area (Å²) in [6.07, 6.45) is 1.69. The molecule has 0 spiro atoms. The first-order valence-electron chi connectivity index (χ1n) is 9.44. The van der Waals surface area contributed by atoms with E-state index < -0.39 is 0 Å². The highest BCUT2D eigenvalue weighted by Crippen LogP contribution is 2.24. The molecule has 0 unspecified atom stereocenters. The minimum atomic E-state index is -0.297. The van der Waals surface area contributed by atoms with Gasteiger partial charge in [0.2, 0.25) is 5.91 Å². The van der Waals surface area contributed by atoms with E-state index in [0.29, 0.717) is 5.69 Å². The quantitative estimate of drug-likeness (QED) is 0.721. The molecule has 3 aromatic rings. The molecule has 1 saturated heterocycles. The van der Waals surface area contributed by atoms with Gasteiger partial charge in [-0.2, -0.15) is 0 Å². The second-order valence-corrected chi connectivity index (χ2v) is 7.18. The molecule has 0 radical (unpaired) electrons. The largest absolute Gasteiger partial charge is 0.326 e. The summed E-state index contributed by atoms with van der Waals surface area (Å²) in [6, 6.07) is 20.8. The molecular weight excluding hydrogens is 339 g/mol. The van der Waals surface area contributed by atoms with Crippen LogP contribution in [0, 0.1) is 11.7 Å². The number of carbonyl (C=O) groups is 1. The van der Waals surface area contributed by atoms with Crippen LogP contribution in [0.1, 0.15) is 18.4 Å². The number of carbonyl (C=O) groups excluding carboxylic acids is 1. The maximum Gasteiger partial charge on any atom is 0.227 e. The molecule has 1 amide bonds. The van der Waals surface area contributed by atoms with Gasteiger partial charge in [0, 0.05) is 18.2 Å². The smallest absolute Gasteiger partial charge is 0.227 e. The molecule has 0 aliphatic carbocycles. The van der Waals surface area contributed by atoms with Crippen molar-refractivity contribution in [3.05, 3.63) is 78.1 Å². The molecule has 1 aliphatic heterocycles. The maximum absolute atomic E-state index is 13.0. The minimum Gasteiger partial charge on any atom is -0.326 e. The number of nitrogens with one attached hydrogen (secondary N) is 1. The van der Waals surface area contributed by atoms with Crippen molar-refractivity contribution in [2.75, 3.05) is 18.4 Å².